The minimum absolute atomic E-state index is 0.522. The molecule has 0 saturated carbocycles. The molecule has 0 bridgehead atoms. The Labute approximate surface area is 62.1 Å². The van der Waals surface area contributed by atoms with Crippen molar-refractivity contribution in [2.45, 2.75) is 0 Å². The summed E-state index contributed by atoms with van der Waals surface area (Å²) >= 11 is 0. The van der Waals surface area contributed by atoms with Gasteiger partial charge in [0.1, 0.15) is 0 Å². The number of rotatable bonds is 1. The summed E-state index contributed by atoms with van der Waals surface area (Å²) in [6.07, 6.45) is 4.67. The van der Waals surface area contributed by atoms with E-state index < -0.39 is 0 Å². The molecule has 0 amide bonds. The summed E-state index contributed by atoms with van der Waals surface area (Å²) < 4.78 is 4.53. The minimum atomic E-state index is 0.522. The monoisotopic (exact) mass is 148 g/mol. The van der Waals surface area contributed by atoms with Gasteiger partial charge in [-0.25, -0.2) is 9.97 Å². The number of hydrogen-bond acceptors (Lipinski definition) is 5. The first kappa shape index (κ1) is 5.96. The number of hydrogen-bond donors (Lipinski definition) is 0. The van der Waals surface area contributed by atoms with Crippen LogP contribution >= 0.6 is 0 Å². The highest BCUT2D eigenvalue weighted by molar-refractivity contribution is 5.44. The predicted molar refractivity (Wildman–Crippen MR) is 35.3 cm³/mol. The van der Waals surface area contributed by atoms with Crippen molar-refractivity contribution in [3.8, 4) is 11.5 Å². The molecule has 5 nitrogen and oxygen atoms in total. The van der Waals surface area contributed by atoms with Gasteiger partial charge in [-0.3, -0.25) is 0 Å². The fourth-order valence-corrected chi connectivity index (χ4v) is 0.693. The highest BCUT2D eigenvalue weighted by atomic mass is 16.5. The summed E-state index contributed by atoms with van der Waals surface area (Å²) in [4.78, 5) is 7.90. The van der Waals surface area contributed by atoms with Crippen molar-refractivity contribution < 1.29 is 4.52 Å². The third kappa shape index (κ3) is 1.07. The van der Waals surface area contributed by atoms with Crippen LogP contribution in [0.1, 0.15) is 0 Å². The second-order valence-corrected chi connectivity index (χ2v) is 1.86. The van der Waals surface area contributed by atoms with Gasteiger partial charge in [0.25, 0.3) is 0 Å². The molecule has 0 N–H and O–H groups in total. The molecule has 54 valence electrons. The van der Waals surface area contributed by atoms with E-state index in [9.17, 15) is 0 Å². The molecule has 0 unspecified atom stereocenters. The second kappa shape index (κ2) is 2.45. The van der Waals surface area contributed by atoms with Gasteiger partial charge in [-0.1, -0.05) is 0 Å². The Bertz CT molecular complexity index is 318. The molecular formula is C6H4N4O. The van der Waals surface area contributed by atoms with Crippen LogP contribution in [0.25, 0.3) is 11.5 Å². The van der Waals surface area contributed by atoms with Crippen molar-refractivity contribution in [3.05, 3.63) is 24.7 Å². The standard InChI is InChI=1S/C6H4N4O/c1-2-7-6(8-3-1)5-4-11-10-9-5/h1-4H. The Morgan fingerprint density at radius 1 is 1.18 bits per heavy atom. The van der Waals surface area contributed by atoms with Gasteiger partial charge in [0, 0.05) is 17.7 Å². The van der Waals surface area contributed by atoms with E-state index in [1.807, 2.05) is 0 Å². The fourth-order valence-electron chi connectivity index (χ4n) is 0.693. The third-order valence-electron chi connectivity index (χ3n) is 1.15. The first-order valence-electron chi connectivity index (χ1n) is 3.01. The second-order valence-electron chi connectivity index (χ2n) is 1.86. The van der Waals surface area contributed by atoms with Crippen LogP contribution in [0.5, 0.6) is 0 Å². The topological polar surface area (TPSA) is 64.7 Å². The maximum absolute atomic E-state index is 4.53. The zero-order chi connectivity index (χ0) is 7.52. The third-order valence-corrected chi connectivity index (χ3v) is 1.15. The molecule has 0 aliphatic heterocycles. The van der Waals surface area contributed by atoms with Crippen molar-refractivity contribution >= 4 is 0 Å². The lowest BCUT2D eigenvalue weighted by atomic mass is 10.4. The maximum atomic E-state index is 4.53. The first-order valence-corrected chi connectivity index (χ1v) is 3.01. The van der Waals surface area contributed by atoms with Crippen molar-refractivity contribution in [2.75, 3.05) is 0 Å². The van der Waals surface area contributed by atoms with Gasteiger partial charge in [-0.15, -0.1) is 5.10 Å². The summed E-state index contributed by atoms with van der Waals surface area (Å²) in [7, 11) is 0. The predicted octanol–water partition coefficient (Wildman–Crippen LogP) is 0.527. The summed E-state index contributed by atoms with van der Waals surface area (Å²) in [6, 6.07) is 1.73. The summed E-state index contributed by atoms with van der Waals surface area (Å²) in [5.74, 6) is 0.522. The molecule has 0 aliphatic rings. The number of nitrogens with zero attached hydrogens (tertiary/aromatic N) is 4. The van der Waals surface area contributed by atoms with E-state index in [1.165, 1.54) is 6.26 Å². The van der Waals surface area contributed by atoms with E-state index >= 15 is 0 Å². The Morgan fingerprint density at radius 3 is 2.64 bits per heavy atom. The van der Waals surface area contributed by atoms with Crippen LogP contribution < -0.4 is 0 Å². The van der Waals surface area contributed by atoms with Gasteiger partial charge in [-0.2, -0.15) is 0 Å². The van der Waals surface area contributed by atoms with E-state index in [0.717, 1.165) is 0 Å². The van der Waals surface area contributed by atoms with Gasteiger partial charge in [0.2, 0.25) is 0 Å². The molecule has 2 aromatic rings. The Balaban J connectivity index is 2.46. The SMILES string of the molecule is c1cnc(-c2conn2)nc1. The van der Waals surface area contributed by atoms with Crippen LogP contribution in [0.3, 0.4) is 0 Å². The van der Waals surface area contributed by atoms with Crippen molar-refractivity contribution in [1.82, 2.24) is 20.3 Å². The maximum Gasteiger partial charge on any atom is 0.183 e. The molecule has 0 aliphatic carbocycles. The average Bonchev–Trinajstić information content (AvgIpc) is 2.58. The zero-order valence-corrected chi connectivity index (χ0v) is 5.51. The number of aromatic nitrogens is 4. The lowest BCUT2D eigenvalue weighted by Crippen LogP contribution is -1.85. The van der Waals surface area contributed by atoms with Crippen molar-refractivity contribution in [2.24, 2.45) is 0 Å². The highest BCUT2D eigenvalue weighted by Crippen LogP contribution is 2.06. The smallest absolute Gasteiger partial charge is 0.183 e. The first-order chi connectivity index (χ1) is 5.47. The molecule has 0 fully saturated rings. The molecule has 0 atom stereocenters. The van der Waals surface area contributed by atoms with Crippen LogP contribution in [0.15, 0.2) is 29.2 Å². The molecule has 2 heterocycles. The zero-order valence-electron chi connectivity index (χ0n) is 5.51. The van der Waals surface area contributed by atoms with Gasteiger partial charge in [0.05, 0.1) is 0 Å². The lowest BCUT2D eigenvalue weighted by molar-refractivity contribution is 0.393. The molecule has 2 rings (SSSR count). The molecule has 0 aromatic carbocycles. The normalized spacial score (nSPS) is 9.82. The minimum Gasteiger partial charge on any atom is -0.345 e. The molecular weight excluding hydrogens is 144 g/mol. The Hall–Kier alpha value is -1.78. The van der Waals surface area contributed by atoms with Gasteiger partial charge >= 0.3 is 0 Å². The highest BCUT2D eigenvalue weighted by Gasteiger charge is 2.02. The Morgan fingerprint density at radius 2 is 2.00 bits per heavy atom. The molecule has 2 aromatic heterocycles. The van der Waals surface area contributed by atoms with Gasteiger partial charge in [0.15, 0.2) is 17.8 Å². The lowest BCUT2D eigenvalue weighted by Gasteiger charge is -1.87. The van der Waals surface area contributed by atoms with Crippen LogP contribution in [0.2, 0.25) is 0 Å². The van der Waals surface area contributed by atoms with Crippen LogP contribution in [0.4, 0.5) is 0 Å². The summed E-state index contributed by atoms with van der Waals surface area (Å²) in [5, 5.41) is 6.94. The van der Waals surface area contributed by atoms with E-state index in [0.29, 0.717) is 11.5 Å². The molecule has 0 spiro atoms. The van der Waals surface area contributed by atoms with Crippen LogP contribution in [-0.2, 0) is 0 Å². The summed E-state index contributed by atoms with van der Waals surface area (Å²) in [5.41, 5.74) is 0.547. The van der Waals surface area contributed by atoms with Crippen LogP contribution in [0, 0.1) is 0 Å². The Kier molecular flexibility index (Phi) is 1.33. The van der Waals surface area contributed by atoms with E-state index in [4.69, 9.17) is 0 Å². The molecule has 0 radical (unpaired) electrons. The molecule has 0 saturated heterocycles. The van der Waals surface area contributed by atoms with Gasteiger partial charge < -0.3 is 4.52 Å². The fraction of sp³-hybridized carbons (Fsp3) is 0. The average molecular weight is 148 g/mol. The largest absolute Gasteiger partial charge is 0.345 e. The van der Waals surface area contributed by atoms with Crippen molar-refractivity contribution in [3.63, 3.8) is 0 Å². The van der Waals surface area contributed by atoms with Gasteiger partial charge in [-0.05, 0) is 6.07 Å². The van der Waals surface area contributed by atoms with Crippen molar-refractivity contribution in [1.29, 1.82) is 0 Å². The van der Waals surface area contributed by atoms with Crippen LogP contribution in [-0.4, -0.2) is 20.3 Å². The van der Waals surface area contributed by atoms with E-state index in [2.05, 4.69) is 24.9 Å². The molecule has 11 heavy (non-hydrogen) atoms. The van der Waals surface area contributed by atoms with E-state index in [-0.39, 0.29) is 0 Å². The van der Waals surface area contributed by atoms with E-state index in [1.54, 1.807) is 18.5 Å². The quantitative estimate of drug-likeness (QED) is 0.590. The molecule has 5 heteroatoms. The summed E-state index contributed by atoms with van der Waals surface area (Å²) in [6.45, 7) is 0.